The summed E-state index contributed by atoms with van der Waals surface area (Å²) in [5.41, 5.74) is 0. The highest BCUT2D eigenvalue weighted by Gasteiger charge is 2.32. The molecule has 0 aliphatic heterocycles. The molecule has 0 amide bonds. The van der Waals surface area contributed by atoms with Crippen LogP contribution in [0.15, 0.2) is 0 Å². The molecule has 1 aliphatic carbocycles. The molecule has 1 aliphatic rings. The van der Waals surface area contributed by atoms with Crippen LogP contribution in [0.4, 0.5) is 0 Å². The van der Waals surface area contributed by atoms with E-state index in [-0.39, 0.29) is 0 Å². The summed E-state index contributed by atoms with van der Waals surface area (Å²) in [6, 6.07) is 0. The van der Waals surface area contributed by atoms with Crippen LogP contribution in [-0.2, 0) is 0 Å². The zero-order valence-corrected chi connectivity index (χ0v) is 9.84. The molecular weight excluding hydrogens is 156 g/mol. The van der Waals surface area contributed by atoms with Crippen molar-refractivity contribution in [3.8, 4) is 0 Å². The zero-order chi connectivity index (χ0) is 9.84. The highest BCUT2D eigenvalue weighted by molar-refractivity contribution is 4.82. The third-order valence-corrected chi connectivity index (χ3v) is 3.73. The van der Waals surface area contributed by atoms with Crippen LogP contribution < -0.4 is 0 Å². The molecule has 0 heteroatoms. The Morgan fingerprint density at radius 3 is 2.46 bits per heavy atom. The van der Waals surface area contributed by atoms with E-state index < -0.39 is 0 Å². The SMILES string of the molecule is CCCC1C(C)CCC1CC(C)C. The molecule has 0 heterocycles. The predicted molar refractivity (Wildman–Crippen MR) is 59.7 cm³/mol. The van der Waals surface area contributed by atoms with Gasteiger partial charge in [0.15, 0.2) is 0 Å². The van der Waals surface area contributed by atoms with Crippen molar-refractivity contribution in [2.75, 3.05) is 0 Å². The van der Waals surface area contributed by atoms with Crippen molar-refractivity contribution >= 4 is 0 Å². The summed E-state index contributed by atoms with van der Waals surface area (Å²) in [5.74, 6) is 4.00. The van der Waals surface area contributed by atoms with Crippen LogP contribution in [-0.4, -0.2) is 0 Å². The van der Waals surface area contributed by atoms with E-state index in [4.69, 9.17) is 0 Å². The maximum absolute atomic E-state index is 2.46. The Morgan fingerprint density at radius 1 is 1.23 bits per heavy atom. The quantitative estimate of drug-likeness (QED) is 0.600. The highest BCUT2D eigenvalue weighted by Crippen LogP contribution is 2.42. The molecule has 0 saturated heterocycles. The van der Waals surface area contributed by atoms with Crippen molar-refractivity contribution in [3.05, 3.63) is 0 Å². The maximum Gasteiger partial charge on any atom is -0.0360 e. The van der Waals surface area contributed by atoms with Crippen molar-refractivity contribution in [2.24, 2.45) is 23.7 Å². The van der Waals surface area contributed by atoms with Crippen LogP contribution >= 0.6 is 0 Å². The van der Waals surface area contributed by atoms with E-state index in [1.165, 1.54) is 32.1 Å². The lowest BCUT2D eigenvalue weighted by Crippen LogP contribution is -2.14. The normalized spacial score (nSPS) is 34.4. The van der Waals surface area contributed by atoms with Gasteiger partial charge in [0, 0.05) is 0 Å². The molecule has 3 unspecified atom stereocenters. The second kappa shape index (κ2) is 5.02. The third kappa shape index (κ3) is 3.00. The third-order valence-electron chi connectivity index (χ3n) is 3.73. The van der Waals surface area contributed by atoms with E-state index in [2.05, 4.69) is 27.7 Å². The van der Waals surface area contributed by atoms with Crippen molar-refractivity contribution in [1.82, 2.24) is 0 Å². The Bertz CT molecular complexity index is 137. The summed E-state index contributed by atoms with van der Waals surface area (Å²) in [5, 5.41) is 0. The van der Waals surface area contributed by atoms with Crippen molar-refractivity contribution in [1.29, 1.82) is 0 Å². The van der Waals surface area contributed by atoms with Gasteiger partial charge < -0.3 is 0 Å². The first-order chi connectivity index (χ1) is 6.15. The molecule has 1 saturated carbocycles. The molecule has 1 fully saturated rings. The maximum atomic E-state index is 2.46. The van der Waals surface area contributed by atoms with Crippen LogP contribution in [0.5, 0.6) is 0 Å². The fourth-order valence-corrected chi connectivity index (χ4v) is 3.12. The molecule has 0 aromatic heterocycles. The second-order valence-electron chi connectivity index (χ2n) is 5.40. The van der Waals surface area contributed by atoms with Gasteiger partial charge in [-0.15, -0.1) is 0 Å². The Balaban J connectivity index is 2.43. The van der Waals surface area contributed by atoms with Gasteiger partial charge in [-0.1, -0.05) is 47.0 Å². The van der Waals surface area contributed by atoms with Crippen LogP contribution in [0.2, 0.25) is 0 Å². The number of hydrogen-bond acceptors (Lipinski definition) is 0. The average Bonchev–Trinajstić information content (AvgIpc) is 2.35. The van der Waals surface area contributed by atoms with Crippen molar-refractivity contribution in [2.45, 2.75) is 59.8 Å². The first kappa shape index (κ1) is 11.1. The molecule has 0 nitrogen and oxygen atoms in total. The standard InChI is InChI=1S/C13H26/c1-5-6-13-11(4)7-8-12(13)9-10(2)3/h10-13H,5-9H2,1-4H3. The molecule has 0 N–H and O–H groups in total. The molecule has 78 valence electrons. The lowest BCUT2D eigenvalue weighted by Gasteiger charge is -2.23. The zero-order valence-electron chi connectivity index (χ0n) is 9.84. The summed E-state index contributed by atoms with van der Waals surface area (Å²) >= 11 is 0. The topological polar surface area (TPSA) is 0 Å². The minimum Gasteiger partial charge on any atom is -0.0654 e. The predicted octanol–water partition coefficient (Wildman–Crippen LogP) is 4.49. The molecule has 3 atom stereocenters. The highest BCUT2D eigenvalue weighted by atomic mass is 14.4. The Hall–Kier alpha value is 0. The van der Waals surface area contributed by atoms with E-state index in [0.717, 1.165) is 23.7 Å². The van der Waals surface area contributed by atoms with Gasteiger partial charge in [0.05, 0.1) is 0 Å². The molecule has 13 heavy (non-hydrogen) atoms. The minimum atomic E-state index is 0.898. The van der Waals surface area contributed by atoms with Crippen LogP contribution in [0.1, 0.15) is 59.8 Å². The van der Waals surface area contributed by atoms with Gasteiger partial charge >= 0.3 is 0 Å². The minimum absolute atomic E-state index is 0.898. The largest absolute Gasteiger partial charge is 0.0654 e. The lowest BCUT2D eigenvalue weighted by molar-refractivity contribution is 0.267. The van der Waals surface area contributed by atoms with Gasteiger partial charge in [-0.25, -0.2) is 0 Å². The van der Waals surface area contributed by atoms with E-state index in [0.29, 0.717) is 0 Å². The van der Waals surface area contributed by atoms with Gasteiger partial charge in [-0.05, 0) is 36.5 Å². The monoisotopic (exact) mass is 182 g/mol. The summed E-state index contributed by atoms with van der Waals surface area (Å²) < 4.78 is 0. The summed E-state index contributed by atoms with van der Waals surface area (Å²) in [6.45, 7) is 9.52. The molecule has 1 rings (SSSR count). The van der Waals surface area contributed by atoms with Crippen molar-refractivity contribution in [3.63, 3.8) is 0 Å². The summed E-state index contributed by atoms with van der Waals surface area (Å²) in [6.07, 6.45) is 7.31. The van der Waals surface area contributed by atoms with E-state index in [1.54, 1.807) is 0 Å². The molecule has 0 spiro atoms. The summed E-state index contributed by atoms with van der Waals surface area (Å²) in [7, 11) is 0. The number of rotatable bonds is 4. The molecule has 0 bridgehead atoms. The first-order valence-electron chi connectivity index (χ1n) is 6.15. The van der Waals surface area contributed by atoms with Crippen LogP contribution in [0.25, 0.3) is 0 Å². The van der Waals surface area contributed by atoms with Crippen molar-refractivity contribution < 1.29 is 0 Å². The Labute approximate surface area is 84.1 Å². The van der Waals surface area contributed by atoms with E-state index >= 15 is 0 Å². The molecular formula is C13H26. The first-order valence-corrected chi connectivity index (χ1v) is 6.15. The molecule has 0 aromatic rings. The smallest absolute Gasteiger partial charge is 0.0360 e. The molecule has 0 radical (unpaired) electrons. The Morgan fingerprint density at radius 2 is 1.92 bits per heavy atom. The van der Waals surface area contributed by atoms with Crippen LogP contribution in [0, 0.1) is 23.7 Å². The Kier molecular flexibility index (Phi) is 4.28. The van der Waals surface area contributed by atoms with E-state index in [1.807, 2.05) is 0 Å². The second-order valence-corrected chi connectivity index (χ2v) is 5.40. The fourth-order valence-electron chi connectivity index (χ4n) is 3.12. The van der Waals surface area contributed by atoms with Gasteiger partial charge in [0.25, 0.3) is 0 Å². The van der Waals surface area contributed by atoms with Crippen LogP contribution in [0.3, 0.4) is 0 Å². The van der Waals surface area contributed by atoms with Gasteiger partial charge in [0.2, 0.25) is 0 Å². The van der Waals surface area contributed by atoms with Gasteiger partial charge in [0.1, 0.15) is 0 Å². The van der Waals surface area contributed by atoms with Gasteiger partial charge in [-0.3, -0.25) is 0 Å². The molecule has 0 aromatic carbocycles. The van der Waals surface area contributed by atoms with Gasteiger partial charge in [-0.2, -0.15) is 0 Å². The van der Waals surface area contributed by atoms with E-state index in [9.17, 15) is 0 Å². The lowest BCUT2D eigenvalue weighted by atomic mass is 9.82. The summed E-state index contributed by atoms with van der Waals surface area (Å²) in [4.78, 5) is 0. The average molecular weight is 182 g/mol. The number of hydrogen-bond donors (Lipinski definition) is 0. The fraction of sp³-hybridized carbons (Fsp3) is 1.00.